The van der Waals surface area contributed by atoms with Gasteiger partial charge in [-0.15, -0.1) is 0 Å². The van der Waals surface area contributed by atoms with Gasteiger partial charge in [0, 0.05) is 24.6 Å². The molecule has 0 radical (unpaired) electrons. The molecule has 0 spiro atoms. The van der Waals surface area contributed by atoms with Crippen molar-refractivity contribution in [2.24, 2.45) is 0 Å². The lowest BCUT2D eigenvalue weighted by molar-refractivity contribution is 0.672. The van der Waals surface area contributed by atoms with E-state index in [1.54, 1.807) is 6.07 Å². The molecule has 1 aliphatic rings. The second kappa shape index (κ2) is 5.21. The minimum atomic E-state index is 0.291. The Morgan fingerprint density at radius 3 is 2.78 bits per heavy atom. The van der Waals surface area contributed by atoms with E-state index in [2.05, 4.69) is 34.8 Å². The van der Waals surface area contributed by atoms with Crippen molar-refractivity contribution in [3.8, 4) is 6.07 Å². The molecule has 1 aromatic rings. The van der Waals surface area contributed by atoms with Crippen molar-refractivity contribution in [3.05, 3.63) is 11.9 Å². The van der Waals surface area contributed by atoms with E-state index in [0.717, 1.165) is 24.5 Å². The number of nitriles is 1. The summed E-state index contributed by atoms with van der Waals surface area (Å²) < 4.78 is 0. The topological polar surface area (TPSA) is 78.8 Å². The lowest BCUT2D eigenvalue weighted by Gasteiger charge is -2.27. The van der Waals surface area contributed by atoms with Crippen LogP contribution in [-0.2, 0) is 0 Å². The standard InChI is InChI=1S/C13H19N5/c1-9(2)18(7-3-6-14)12-8-11(15)16-13(17-12)10-4-5-10/h8-10H,3-5,7H2,1-2H3,(H2,15,16,17). The quantitative estimate of drug-likeness (QED) is 0.859. The molecule has 0 aliphatic heterocycles. The van der Waals surface area contributed by atoms with Crippen LogP contribution >= 0.6 is 0 Å². The van der Waals surface area contributed by atoms with Gasteiger partial charge in [-0.3, -0.25) is 0 Å². The van der Waals surface area contributed by atoms with Crippen LogP contribution in [-0.4, -0.2) is 22.6 Å². The van der Waals surface area contributed by atoms with Crippen LogP contribution in [0, 0.1) is 11.3 Å². The molecule has 5 heteroatoms. The summed E-state index contributed by atoms with van der Waals surface area (Å²) in [4.78, 5) is 11.0. The first-order valence-corrected chi connectivity index (χ1v) is 6.40. The van der Waals surface area contributed by atoms with Crippen LogP contribution < -0.4 is 10.6 Å². The molecular weight excluding hydrogens is 226 g/mol. The van der Waals surface area contributed by atoms with Gasteiger partial charge in [0.2, 0.25) is 0 Å². The Morgan fingerprint density at radius 2 is 2.22 bits per heavy atom. The molecule has 1 saturated carbocycles. The maximum atomic E-state index is 8.72. The first-order chi connectivity index (χ1) is 8.61. The number of hydrogen-bond acceptors (Lipinski definition) is 5. The van der Waals surface area contributed by atoms with Gasteiger partial charge < -0.3 is 10.6 Å². The Balaban J connectivity index is 2.25. The van der Waals surface area contributed by atoms with Gasteiger partial charge in [-0.05, 0) is 26.7 Å². The zero-order chi connectivity index (χ0) is 13.1. The fraction of sp³-hybridized carbons (Fsp3) is 0.615. The molecule has 1 aliphatic carbocycles. The summed E-state index contributed by atoms with van der Waals surface area (Å²) in [6.45, 7) is 4.85. The Hall–Kier alpha value is -1.83. The van der Waals surface area contributed by atoms with Crippen LogP contribution in [0.3, 0.4) is 0 Å². The van der Waals surface area contributed by atoms with E-state index in [1.165, 1.54) is 0 Å². The van der Waals surface area contributed by atoms with Gasteiger partial charge in [0.15, 0.2) is 0 Å². The third kappa shape index (κ3) is 2.89. The Bertz CT molecular complexity index is 459. The van der Waals surface area contributed by atoms with Gasteiger partial charge in [0.1, 0.15) is 17.5 Å². The number of nitrogens with zero attached hydrogens (tertiary/aromatic N) is 4. The third-order valence-electron chi connectivity index (χ3n) is 3.07. The van der Waals surface area contributed by atoms with Crippen LogP contribution in [0.2, 0.25) is 0 Å². The number of nitrogen functional groups attached to an aromatic ring is 1. The molecule has 96 valence electrons. The van der Waals surface area contributed by atoms with Crippen LogP contribution in [0.25, 0.3) is 0 Å². The van der Waals surface area contributed by atoms with Crippen LogP contribution in [0.5, 0.6) is 0 Å². The van der Waals surface area contributed by atoms with Crippen LogP contribution in [0.1, 0.15) is 44.9 Å². The highest BCUT2D eigenvalue weighted by Crippen LogP contribution is 2.39. The van der Waals surface area contributed by atoms with Gasteiger partial charge in [-0.1, -0.05) is 0 Å². The molecule has 0 unspecified atom stereocenters. The first-order valence-electron chi connectivity index (χ1n) is 6.40. The maximum Gasteiger partial charge on any atom is 0.136 e. The number of nitrogens with two attached hydrogens (primary N) is 1. The summed E-state index contributed by atoms with van der Waals surface area (Å²) in [6.07, 6.45) is 2.80. The van der Waals surface area contributed by atoms with Gasteiger partial charge >= 0.3 is 0 Å². The Kier molecular flexibility index (Phi) is 3.66. The van der Waals surface area contributed by atoms with Crippen molar-refractivity contribution in [2.75, 3.05) is 17.2 Å². The monoisotopic (exact) mass is 245 g/mol. The van der Waals surface area contributed by atoms with Crippen molar-refractivity contribution in [2.45, 2.75) is 45.1 Å². The predicted molar refractivity (Wildman–Crippen MR) is 71.1 cm³/mol. The Morgan fingerprint density at radius 1 is 1.50 bits per heavy atom. The number of hydrogen-bond donors (Lipinski definition) is 1. The van der Waals surface area contributed by atoms with Gasteiger partial charge in [-0.25, -0.2) is 9.97 Å². The van der Waals surface area contributed by atoms with Crippen molar-refractivity contribution in [3.63, 3.8) is 0 Å². The molecule has 2 N–H and O–H groups in total. The third-order valence-corrected chi connectivity index (χ3v) is 3.07. The number of anilines is 2. The normalized spacial score (nSPS) is 14.6. The molecule has 2 rings (SSSR count). The van der Waals surface area contributed by atoms with Crippen molar-refractivity contribution in [1.29, 1.82) is 5.26 Å². The van der Waals surface area contributed by atoms with Crippen LogP contribution in [0.4, 0.5) is 11.6 Å². The number of rotatable bonds is 5. The summed E-state index contributed by atoms with van der Waals surface area (Å²) >= 11 is 0. The SMILES string of the molecule is CC(C)N(CCC#N)c1cc(N)nc(C2CC2)n1. The summed E-state index contributed by atoms with van der Waals surface area (Å²) in [7, 11) is 0. The summed E-state index contributed by atoms with van der Waals surface area (Å²) in [5.74, 6) is 2.70. The molecule has 18 heavy (non-hydrogen) atoms. The fourth-order valence-corrected chi connectivity index (χ4v) is 1.95. The zero-order valence-electron chi connectivity index (χ0n) is 10.9. The molecule has 0 bridgehead atoms. The molecule has 0 atom stereocenters. The largest absolute Gasteiger partial charge is 0.384 e. The highest BCUT2D eigenvalue weighted by atomic mass is 15.2. The highest BCUT2D eigenvalue weighted by molar-refractivity contribution is 5.48. The van der Waals surface area contributed by atoms with Crippen molar-refractivity contribution < 1.29 is 0 Å². The number of aromatic nitrogens is 2. The molecule has 5 nitrogen and oxygen atoms in total. The summed E-state index contributed by atoms with van der Waals surface area (Å²) in [5.41, 5.74) is 5.85. The van der Waals surface area contributed by atoms with Gasteiger partial charge in [-0.2, -0.15) is 5.26 Å². The second-order valence-corrected chi connectivity index (χ2v) is 4.98. The van der Waals surface area contributed by atoms with E-state index in [0.29, 0.717) is 30.7 Å². The van der Waals surface area contributed by atoms with Crippen molar-refractivity contribution in [1.82, 2.24) is 9.97 Å². The minimum absolute atomic E-state index is 0.291. The average Bonchev–Trinajstić information content (AvgIpc) is 3.12. The molecule has 0 amide bonds. The first kappa shape index (κ1) is 12.6. The second-order valence-electron chi connectivity index (χ2n) is 4.98. The molecule has 1 aromatic heterocycles. The smallest absolute Gasteiger partial charge is 0.136 e. The molecule has 0 saturated heterocycles. The Labute approximate surface area is 108 Å². The van der Waals surface area contributed by atoms with Gasteiger partial charge in [0.25, 0.3) is 0 Å². The van der Waals surface area contributed by atoms with E-state index in [-0.39, 0.29) is 0 Å². The average molecular weight is 245 g/mol. The van der Waals surface area contributed by atoms with E-state index in [4.69, 9.17) is 11.0 Å². The molecular formula is C13H19N5. The minimum Gasteiger partial charge on any atom is -0.384 e. The molecule has 1 heterocycles. The highest BCUT2D eigenvalue weighted by Gasteiger charge is 2.28. The predicted octanol–water partition coefficient (Wildman–Crippen LogP) is 2.06. The summed E-state index contributed by atoms with van der Waals surface area (Å²) in [5, 5.41) is 8.72. The van der Waals surface area contributed by atoms with E-state index >= 15 is 0 Å². The van der Waals surface area contributed by atoms with Crippen LogP contribution in [0.15, 0.2) is 6.07 Å². The van der Waals surface area contributed by atoms with E-state index in [1.807, 2.05) is 0 Å². The van der Waals surface area contributed by atoms with E-state index < -0.39 is 0 Å². The lowest BCUT2D eigenvalue weighted by atomic mass is 10.2. The lowest BCUT2D eigenvalue weighted by Crippen LogP contribution is -2.32. The van der Waals surface area contributed by atoms with E-state index in [9.17, 15) is 0 Å². The fourth-order valence-electron chi connectivity index (χ4n) is 1.95. The van der Waals surface area contributed by atoms with Gasteiger partial charge in [0.05, 0.1) is 12.5 Å². The zero-order valence-corrected chi connectivity index (χ0v) is 10.9. The molecule has 0 aromatic carbocycles. The maximum absolute atomic E-state index is 8.72. The van der Waals surface area contributed by atoms with Crippen molar-refractivity contribution >= 4 is 11.6 Å². The molecule has 1 fully saturated rings. The summed E-state index contributed by atoms with van der Waals surface area (Å²) in [6, 6.07) is 4.26.